The lowest BCUT2D eigenvalue weighted by molar-refractivity contribution is -0.123. The molecule has 0 atom stereocenters. The van der Waals surface area contributed by atoms with Gasteiger partial charge in [-0.15, -0.1) is 0 Å². The minimum absolute atomic E-state index is 0.238. The van der Waals surface area contributed by atoms with E-state index in [0.717, 1.165) is 16.8 Å². The van der Waals surface area contributed by atoms with Gasteiger partial charge in [0.05, 0.1) is 0 Å². The van der Waals surface area contributed by atoms with E-state index in [2.05, 4.69) is 0 Å². The maximum Gasteiger partial charge on any atom is 0.405 e. The van der Waals surface area contributed by atoms with Gasteiger partial charge in [0, 0.05) is 23.9 Å². The molecule has 0 aromatic carbocycles. The second-order valence-electron chi connectivity index (χ2n) is 3.41. The van der Waals surface area contributed by atoms with E-state index in [1.54, 1.807) is 5.32 Å². The number of hydrogen-bond donors (Lipinski definition) is 1. The zero-order valence-electron chi connectivity index (χ0n) is 8.95. The van der Waals surface area contributed by atoms with Gasteiger partial charge in [0.2, 0.25) is 0 Å². The number of alkyl halides is 3. The molecule has 10 heteroatoms. The maximum atomic E-state index is 11.9. The molecule has 0 aliphatic rings. The van der Waals surface area contributed by atoms with Crippen molar-refractivity contribution in [2.75, 3.05) is 6.54 Å². The number of hydrogen-bond acceptors (Lipinski definition) is 3. The first kappa shape index (κ1) is 14.8. The van der Waals surface area contributed by atoms with Gasteiger partial charge >= 0.3 is 6.18 Å². The Kier molecular flexibility index (Phi) is 3.96. The number of carbonyl (C=O) groups excluding carboxylic acids is 1. The highest BCUT2D eigenvalue weighted by Gasteiger charge is 2.28. The summed E-state index contributed by atoms with van der Waals surface area (Å²) in [6.45, 7) is -1.50. The van der Waals surface area contributed by atoms with Crippen LogP contribution < -0.4 is 5.32 Å². The fourth-order valence-electron chi connectivity index (χ4n) is 1.16. The summed E-state index contributed by atoms with van der Waals surface area (Å²) in [5.41, 5.74) is -0.238. The van der Waals surface area contributed by atoms with Crippen molar-refractivity contribution in [2.24, 2.45) is 7.05 Å². The van der Waals surface area contributed by atoms with E-state index in [0.29, 0.717) is 0 Å². The molecule has 1 rings (SSSR count). The molecule has 18 heavy (non-hydrogen) atoms. The van der Waals surface area contributed by atoms with Crippen LogP contribution in [0.25, 0.3) is 0 Å². The topological polar surface area (TPSA) is 68.2 Å². The molecular weight excluding hydrogens is 297 g/mol. The van der Waals surface area contributed by atoms with Gasteiger partial charge in [0.15, 0.2) is 0 Å². The monoisotopic (exact) mass is 304 g/mol. The predicted octanol–water partition coefficient (Wildman–Crippen LogP) is 1.24. The van der Waals surface area contributed by atoms with Gasteiger partial charge < -0.3 is 9.88 Å². The first-order valence-corrected chi connectivity index (χ1v) is 6.77. The largest absolute Gasteiger partial charge is 0.405 e. The van der Waals surface area contributed by atoms with Crippen LogP contribution in [0.5, 0.6) is 0 Å². The van der Waals surface area contributed by atoms with Crippen LogP contribution in [0.3, 0.4) is 0 Å². The first-order chi connectivity index (χ1) is 8.00. The second kappa shape index (κ2) is 4.81. The molecular formula is C8H8ClF3N2O3S. The molecule has 1 N–H and O–H groups in total. The van der Waals surface area contributed by atoms with E-state index in [1.165, 1.54) is 7.05 Å². The number of nitrogens with one attached hydrogen (secondary N) is 1. The van der Waals surface area contributed by atoms with Crippen LogP contribution in [0.1, 0.15) is 10.5 Å². The Morgan fingerprint density at radius 3 is 2.44 bits per heavy atom. The third kappa shape index (κ3) is 3.91. The van der Waals surface area contributed by atoms with Gasteiger partial charge in [-0.3, -0.25) is 4.79 Å². The molecule has 0 unspecified atom stereocenters. The zero-order chi connectivity index (χ0) is 14.1. The summed E-state index contributed by atoms with van der Waals surface area (Å²) in [6.07, 6.45) is -3.51. The van der Waals surface area contributed by atoms with Crippen molar-refractivity contribution in [1.29, 1.82) is 0 Å². The van der Waals surface area contributed by atoms with Crippen LogP contribution in [-0.2, 0) is 16.1 Å². The third-order valence-electron chi connectivity index (χ3n) is 1.94. The van der Waals surface area contributed by atoms with Crippen molar-refractivity contribution in [1.82, 2.24) is 9.88 Å². The first-order valence-electron chi connectivity index (χ1n) is 4.46. The molecule has 0 spiro atoms. The minimum atomic E-state index is -4.54. The fourth-order valence-corrected chi connectivity index (χ4v) is 1.95. The zero-order valence-corrected chi connectivity index (χ0v) is 10.5. The Morgan fingerprint density at radius 1 is 1.50 bits per heavy atom. The van der Waals surface area contributed by atoms with Crippen molar-refractivity contribution in [3.63, 3.8) is 0 Å². The molecule has 0 saturated heterocycles. The Balaban J connectivity index is 2.91. The summed E-state index contributed by atoms with van der Waals surface area (Å²) in [5.74, 6) is -1.04. The van der Waals surface area contributed by atoms with Crippen LogP contribution in [0.4, 0.5) is 13.2 Å². The number of amides is 1. The fraction of sp³-hybridized carbons (Fsp3) is 0.375. The molecule has 0 saturated carbocycles. The van der Waals surface area contributed by atoms with E-state index in [9.17, 15) is 26.4 Å². The van der Waals surface area contributed by atoms with Crippen molar-refractivity contribution >= 4 is 25.6 Å². The Hall–Kier alpha value is -1.22. The van der Waals surface area contributed by atoms with Gasteiger partial charge in [-0.25, -0.2) is 8.42 Å². The molecule has 1 heterocycles. The molecule has 0 aliphatic carbocycles. The van der Waals surface area contributed by atoms with Crippen molar-refractivity contribution < 1.29 is 26.4 Å². The average Bonchev–Trinajstić information content (AvgIpc) is 2.55. The lowest BCUT2D eigenvalue weighted by atomic mass is 10.4. The molecule has 1 aromatic heterocycles. The summed E-state index contributed by atoms with van der Waals surface area (Å²) >= 11 is 0. The van der Waals surface area contributed by atoms with Crippen LogP contribution >= 0.6 is 10.7 Å². The number of nitrogens with zero attached hydrogens (tertiary/aromatic N) is 1. The molecule has 102 valence electrons. The Labute approximate surface area is 105 Å². The van der Waals surface area contributed by atoms with Crippen molar-refractivity contribution in [2.45, 2.75) is 11.1 Å². The van der Waals surface area contributed by atoms with E-state index < -0.39 is 27.7 Å². The van der Waals surface area contributed by atoms with Crippen LogP contribution in [0, 0.1) is 0 Å². The van der Waals surface area contributed by atoms with Crippen LogP contribution in [0.15, 0.2) is 17.2 Å². The van der Waals surface area contributed by atoms with E-state index >= 15 is 0 Å². The van der Waals surface area contributed by atoms with Gasteiger partial charge in [0.1, 0.15) is 17.1 Å². The lowest BCUT2D eigenvalue weighted by Crippen LogP contribution is -2.34. The smallest absolute Gasteiger partial charge is 0.345 e. The van der Waals surface area contributed by atoms with Crippen LogP contribution in [0.2, 0.25) is 0 Å². The molecule has 5 nitrogen and oxygen atoms in total. The summed E-state index contributed by atoms with van der Waals surface area (Å²) in [7, 11) is 2.33. The average molecular weight is 305 g/mol. The van der Waals surface area contributed by atoms with Gasteiger partial charge in [-0.2, -0.15) is 13.2 Å². The lowest BCUT2D eigenvalue weighted by Gasteiger charge is -2.08. The molecule has 1 aromatic rings. The molecule has 1 amide bonds. The quantitative estimate of drug-likeness (QED) is 0.854. The number of rotatable bonds is 3. The second-order valence-corrected chi connectivity index (χ2v) is 5.97. The third-order valence-corrected chi connectivity index (χ3v) is 3.26. The van der Waals surface area contributed by atoms with Crippen molar-refractivity contribution in [3.05, 3.63) is 18.0 Å². The number of aromatic nitrogens is 1. The summed E-state index contributed by atoms with van der Waals surface area (Å²) < 4.78 is 58.7. The molecule has 0 radical (unpaired) electrons. The Bertz CT molecular complexity index is 565. The van der Waals surface area contributed by atoms with Crippen molar-refractivity contribution in [3.8, 4) is 0 Å². The highest BCUT2D eigenvalue weighted by atomic mass is 35.7. The number of carbonyl (C=O) groups is 1. The standard InChI is InChI=1S/C8H8ClF3N2O3S/c1-14-3-5(18(9,16)17)2-6(14)7(15)13-4-8(10,11)12/h2-3H,4H2,1H3,(H,13,15). The van der Waals surface area contributed by atoms with Crippen LogP contribution in [-0.4, -0.2) is 31.6 Å². The highest BCUT2D eigenvalue weighted by Crippen LogP contribution is 2.18. The highest BCUT2D eigenvalue weighted by molar-refractivity contribution is 8.13. The normalized spacial score (nSPS) is 12.5. The van der Waals surface area contributed by atoms with E-state index in [1.807, 2.05) is 0 Å². The maximum absolute atomic E-state index is 11.9. The number of aryl methyl sites for hydroxylation is 1. The van der Waals surface area contributed by atoms with Gasteiger partial charge in [0.25, 0.3) is 15.0 Å². The Morgan fingerprint density at radius 2 is 2.06 bits per heavy atom. The summed E-state index contributed by atoms with van der Waals surface area (Å²) in [4.78, 5) is 11.0. The molecule has 0 fully saturated rings. The van der Waals surface area contributed by atoms with E-state index in [4.69, 9.17) is 10.7 Å². The minimum Gasteiger partial charge on any atom is -0.345 e. The SMILES string of the molecule is Cn1cc(S(=O)(=O)Cl)cc1C(=O)NCC(F)(F)F. The van der Waals surface area contributed by atoms with E-state index in [-0.39, 0.29) is 10.6 Å². The predicted molar refractivity (Wildman–Crippen MR) is 56.8 cm³/mol. The summed E-state index contributed by atoms with van der Waals surface area (Å²) in [6, 6.07) is 0.897. The van der Waals surface area contributed by atoms with Gasteiger partial charge in [-0.05, 0) is 6.07 Å². The molecule has 0 aliphatic heterocycles. The number of halogens is 4. The molecule has 0 bridgehead atoms. The van der Waals surface area contributed by atoms with Gasteiger partial charge in [-0.1, -0.05) is 0 Å². The summed E-state index contributed by atoms with van der Waals surface area (Å²) in [5, 5.41) is 1.62.